The Morgan fingerprint density at radius 2 is 1.81 bits per heavy atom. The molecule has 1 saturated heterocycles. The van der Waals surface area contributed by atoms with Crippen LogP contribution in [0.4, 0.5) is 0 Å². The van der Waals surface area contributed by atoms with Gasteiger partial charge in [0.2, 0.25) is 15.9 Å². The number of rotatable bonds is 7. The van der Waals surface area contributed by atoms with Gasteiger partial charge in [0.05, 0.1) is 18.0 Å². The lowest BCUT2D eigenvalue weighted by atomic mass is 10.2. The second-order valence-electron chi connectivity index (χ2n) is 6.57. The van der Waals surface area contributed by atoms with E-state index in [0.717, 1.165) is 17.4 Å². The molecule has 1 aliphatic heterocycles. The van der Waals surface area contributed by atoms with E-state index in [2.05, 4.69) is 5.32 Å². The molecule has 1 aliphatic rings. The maximum Gasteiger partial charge on any atom is 0.243 e. The third kappa shape index (κ3) is 6.12. The summed E-state index contributed by atoms with van der Waals surface area (Å²) < 4.78 is 31.9. The van der Waals surface area contributed by atoms with Gasteiger partial charge in [-0.3, -0.25) is 4.79 Å². The van der Waals surface area contributed by atoms with Crippen molar-refractivity contribution in [1.29, 1.82) is 0 Å². The first-order chi connectivity index (χ1) is 11.8. The van der Waals surface area contributed by atoms with Crippen molar-refractivity contribution in [2.24, 2.45) is 5.92 Å². The van der Waals surface area contributed by atoms with Crippen molar-refractivity contribution in [2.45, 2.75) is 18.7 Å². The normalized spacial score (nSPS) is 15.0. The number of carbonyl (C=O) groups excluding carboxylic acids is 1. The van der Waals surface area contributed by atoms with Crippen LogP contribution in [0.25, 0.3) is 0 Å². The Balaban J connectivity index is 0.00000338. The van der Waals surface area contributed by atoms with Gasteiger partial charge in [-0.15, -0.1) is 12.4 Å². The van der Waals surface area contributed by atoms with E-state index in [1.165, 1.54) is 19.2 Å². The van der Waals surface area contributed by atoms with Gasteiger partial charge < -0.3 is 15.0 Å². The molecule has 26 heavy (non-hydrogen) atoms. The Labute approximate surface area is 162 Å². The molecule has 148 valence electrons. The first-order valence-corrected chi connectivity index (χ1v) is 9.92. The van der Waals surface area contributed by atoms with Crippen molar-refractivity contribution in [1.82, 2.24) is 14.5 Å². The highest BCUT2D eigenvalue weighted by Crippen LogP contribution is 2.19. The number of benzene rings is 1. The van der Waals surface area contributed by atoms with Gasteiger partial charge in [0.15, 0.2) is 0 Å². The van der Waals surface area contributed by atoms with Gasteiger partial charge in [-0.05, 0) is 30.2 Å². The molecule has 1 amide bonds. The molecule has 0 spiro atoms. The summed E-state index contributed by atoms with van der Waals surface area (Å²) in [5.41, 5.74) is 0. The van der Waals surface area contributed by atoms with Gasteiger partial charge >= 0.3 is 0 Å². The van der Waals surface area contributed by atoms with Gasteiger partial charge in [-0.2, -0.15) is 4.31 Å². The monoisotopic (exact) mass is 405 g/mol. The van der Waals surface area contributed by atoms with Crippen LogP contribution >= 0.6 is 12.4 Å². The third-order valence-electron chi connectivity index (χ3n) is 3.94. The van der Waals surface area contributed by atoms with Crippen molar-refractivity contribution >= 4 is 28.3 Å². The maximum atomic E-state index is 12.6. The first kappa shape index (κ1) is 22.7. The molecule has 1 aromatic rings. The minimum atomic E-state index is -3.71. The molecule has 0 unspecified atom stereocenters. The molecule has 1 aromatic carbocycles. The summed E-state index contributed by atoms with van der Waals surface area (Å²) in [4.78, 5) is 14.1. The lowest BCUT2D eigenvalue weighted by molar-refractivity contribution is -0.131. The molecule has 1 fully saturated rings. The highest BCUT2D eigenvalue weighted by molar-refractivity contribution is 7.89. The molecule has 0 aromatic heterocycles. The van der Waals surface area contributed by atoms with Gasteiger partial charge in [0.1, 0.15) is 5.75 Å². The average molecular weight is 406 g/mol. The molecule has 7 nitrogen and oxygen atoms in total. The van der Waals surface area contributed by atoms with Crippen molar-refractivity contribution in [3.63, 3.8) is 0 Å². The molecule has 0 radical (unpaired) electrons. The van der Waals surface area contributed by atoms with E-state index >= 15 is 0 Å². The molecule has 0 saturated carbocycles. The van der Waals surface area contributed by atoms with Crippen LogP contribution in [0.1, 0.15) is 13.8 Å². The van der Waals surface area contributed by atoms with Gasteiger partial charge in [-0.25, -0.2) is 8.42 Å². The van der Waals surface area contributed by atoms with Crippen molar-refractivity contribution < 1.29 is 17.9 Å². The number of ether oxygens (including phenoxy) is 1. The highest BCUT2D eigenvalue weighted by Gasteiger charge is 2.25. The fourth-order valence-electron chi connectivity index (χ4n) is 2.44. The molecule has 1 N–H and O–H groups in total. The summed E-state index contributed by atoms with van der Waals surface area (Å²) >= 11 is 0. The van der Waals surface area contributed by atoms with Crippen LogP contribution in [0.15, 0.2) is 29.2 Å². The van der Waals surface area contributed by atoms with Gasteiger partial charge in [-0.1, -0.05) is 13.8 Å². The maximum absolute atomic E-state index is 12.6. The zero-order valence-electron chi connectivity index (χ0n) is 15.5. The second kappa shape index (κ2) is 10.1. The van der Waals surface area contributed by atoms with E-state index in [0.29, 0.717) is 31.4 Å². The number of likely N-dealkylation sites (N-methyl/N-ethyl adjacent to an activating group) is 1. The van der Waals surface area contributed by atoms with Gasteiger partial charge in [0, 0.05) is 33.2 Å². The minimum absolute atomic E-state index is 0. The zero-order valence-corrected chi connectivity index (χ0v) is 17.1. The molecule has 9 heteroatoms. The number of hydrogen-bond acceptors (Lipinski definition) is 5. The molecule has 1 heterocycles. The van der Waals surface area contributed by atoms with Crippen LogP contribution in [-0.4, -0.2) is 69.9 Å². The quantitative estimate of drug-likeness (QED) is 0.737. The van der Waals surface area contributed by atoms with Crippen LogP contribution < -0.4 is 10.1 Å². The summed E-state index contributed by atoms with van der Waals surface area (Å²) in [5.74, 6) is 0.849. The smallest absolute Gasteiger partial charge is 0.243 e. The Kier molecular flexibility index (Phi) is 8.82. The Morgan fingerprint density at radius 3 is 2.35 bits per heavy atom. The van der Waals surface area contributed by atoms with Gasteiger partial charge in [0.25, 0.3) is 0 Å². The highest BCUT2D eigenvalue weighted by atomic mass is 35.5. The van der Waals surface area contributed by atoms with Crippen LogP contribution in [0.5, 0.6) is 5.75 Å². The minimum Gasteiger partial charge on any atom is -0.493 e. The van der Waals surface area contributed by atoms with E-state index < -0.39 is 10.0 Å². The van der Waals surface area contributed by atoms with E-state index in [1.807, 2.05) is 13.8 Å². The fourth-order valence-corrected chi connectivity index (χ4v) is 3.56. The van der Waals surface area contributed by atoms with Crippen LogP contribution in [0.2, 0.25) is 0 Å². The second-order valence-corrected chi connectivity index (χ2v) is 8.61. The van der Waals surface area contributed by atoms with E-state index in [4.69, 9.17) is 4.74 Å². The number of nitrogens with one attached hydrogen (secondary N) is 1. The standard InChI is InChI=1S/C17H27N3O4S.ClH/c1-14(2)13-24-15-4-6-16(7-5-15)25(22,23)19(3)12-17(21)20-10-8-18-9-11-20;/h4-7,14,18H,8-13H2,1-3H3;1H. The number of carbonyl (C=O) groups is 1. The Hall–Kier alpha value is -1.35. The third-order valence-corrected chi connectivity index (χ3v) is 5.76. The predicted octanol–water partition coefficient (Wildman–Crippen LogP) is 1.20. The molecular formula is C17H28ClN3O4S. The average Bonchev–Trinajstić information content (AvgIpc) is 2.61. The summed E-state index contributed by atoms with van der Waals surface area (Å²) in [7, 11) is -2.28. The summed E-state index contributed by atoms with van der Waals surface area (Å²) in [6, 6.07) is 6.30. The molecule has 2 rings (SSSR count). The Morgan fingerprint density at radius 1 is 1.23 bits per heavy atom. The Bertz CT molecular complexity index is 674. The largest absolute Gasteiger partial charge is 0.493 e. The summed E-state index contributed by atoms with van der Waals surface area (Å²) in [6.07, 6.45) is 0. The topological polar surface area (TPSA) is 79.0 Å². The summed E-state index contributed by atoms with van der Waals surface area (Å²) in [6.45, 7) is 7.19. The number of sulfonamides is 1. The molecule has 0 bridgehead atoms. The number of hydrogen-bond donors (Lipinski definition) is 1. The first-order valence-electron chi connectivity index (χ1n) is 8.48. The van der Waals surface area contributed by atoms with Crippen LogP contribution in [-0.2, 0) is 14.8 Å². The van der Waals surface area contributed by atoms with E-state index in [1.54, 1.807) is 17.0 Å². The molecule has 0 atom stereocenters. The number of piperazine rings is 1. The number of nitrogens with zero attached hydrogens (tertiary/aromatic N) is 2. The van der Waals surface area contributed by atoms with Crippen molar-refractivity contribution in [2.75, 3.05) is 46.4 Å². The lowest BCUT2D eigenvalue weighted by Crippen LogP contribution is -2.49. The van der Waals surface area contributed by atoms with E-state index in [9.17, 15) is 13.2 Å². The molecule has 0 aliphatic carbocycles. The van der Waals surface area contributed by atoms with Crippen LogP contribution in [0, 0.1) is 5.92 Å². The fraction of sp³-hybridized carbons (Fsp3) is 0.588. The predicted molar refractivity (Wildman–Crippen MR) is 103 cm³/mol. The number of halogens is 1. The SMILES string of the molecule is CC(C)COc1ccc(S(=O)(=O)N(C)CC(=O)N2CCNCC2)cc1.Cl. The van der Waals surface area contributed by atoms with Crippen LogP contribution in [0.3, 0.4) is 0 Å². The van der Waals surface area contributed by atoms with Crippen molar-refractivity contribution in [3.05, 3.63) is 24.3 Å². The summed E-state index contributed by atoms with van der Waals surface area (Å²) in [5, 5.41) is 3.16. The molecular weight excluding hydrogens is 378 g/mol. The number of amides is 1. The van der Waals surface area contributed by atoms with Crippen molar-refractivity contribution in [3.8, 4) is 5.75 Å². The van der Waals surface area contributed by atoms with E-state index in [-0.39, 0.29) is 29.8 Å². The lowest BCUT2D eigenvalue weighted by Gasteiger charge is -2.29. The zero-order chi connectivity index (χ0) is 18.4.